The highest BCUT2D eigenvalue weighted by atomic mass is 16.6. The Morgan fingerprint density at radius 3 is 2.68 bits per heavy atom. The SMILES string of the molecule is COc1cccc(OCC(=O)N[C@H](C)c2ccc3c(c2)OCCO3)c1. The number of carbonyl (C=O) groups excluding carboxylic acids is 1. The van der Waals surface area contributed by atoms with Crippen LogP contribution in [0.4, 0.5) is 0 Å². The van der Waals surface area contributed by atoms with Crippen LogP contribution in [0.15, 0.2) is 42.5 Å². The molecule has 2 aromatic carbocycles. The quantitative estimate of drug-likeness (QED) is 0.874. The fourth-order valence-electron chi connectivity index (χ4n) is 2.54. The number of carbonyl (C=O) groups is 1. The summed E-state index contributed by atoms with van der Waals surface area (Å²) >= 11 is 0. The van der Waals surface area contributed by atoms with E-state index in [-0.39, 0.29) is 18.6 Å². The molecule has 0 aliphatic carbocycles. The fraction of sp³-hybridized carbons (Fsp3) is 0.316. The van der Waals surface area contributed by atoms with Gasteiger partial charge in [0, 0.05) is 6.07 Å². The third-order valence-corrected chi connectivity index (χ3v) is 3.85. The lowest BCUT2D eigenvalue weighted by molar-refractivity contribution is -0.123. The van der Waals surface area contributed by atoms with E-state index in [1.165, 1.54) is 0 Å². The molecule has 1 aliphatic heterocycles. The second kappa shape index (κ2) is 7.79. The van der Waals surface area contributed by atoms with Crippen molar-refractivity contribution < 1.29 is 23.7 Å². The molecule has 0 bridgehead atoms. The number of amides is 1. The highest BCUT2D eigenvalue weighted by molar-refractivity contribution is 5.78. The molecule has 6 nitrogen and oxygen atoms in total. The predicted molar refractivity (Wildman–Crippen MR) is 92.5 cm³/mol. The van der Waals surface area contributed by atoms with Crippen LogP contribution in [0.1, 0.15) is 18.5 Å². The zero-order valence-electron chi connectivity index (χ0n) is 14.3. The normalized spacial score (nSPS) is 13.7. The molecule has 1 aliphatic rings. The Morgan fingerprint density at radius 2 is 1.88 bits per heavy atom. The number of rotatable bonds is 6. The molecule has 132 valence electrons. The molecule has 0 fully saturated rings. The largest absolute Gasteiger partial charge is 0.497 e. The third-order valence-electron chi connectivity index (χ3n) is 3.85. The lowest BCUT2D eigenvalue weighted by Gasteiger charge is -2.21. The molecule has 0 aromatic heterocycles. The zero-order valence-corrected chi connectivity index (χ0v) is 14.3. The van der Waals surface area contributed by atoms with Gasteiger partial charge in [-0.05, 0) is 36.8 Å². The van der Waals surface area contributed by atoms with Crippen molar-refractivity contribution in [3.8, 4) is 23.0 Å². The van der Waals surface area contributed by atoms with E-state index >= 15 is 0 Å². The topological polar surface area (TPSA) is 66.0 Å². The summed E-state index contributed by atoms with van der Waals surface area (Å²) in [6.45, 7) is 2.93. The molecule has 25 heavy (non-hydrogen) atoms. The smallest absolute Gasteiger partial charge is 0.258 e. The van der Waals surface area contributed by atoms with Gasteiger partial charge in [0.1, 0.15) is 24.7 Å². The minimum Gasteiger partial charge on any atom is -0.497 e. The maximum absolute atomic E-state index is 12.1. The molecular formula is C19H21NO5. The lowest BCUT2D eigenvalue weighted by atomic mass is 10.1. The first-order chi connectivity index (χ1) is 12.2. The predicted octanol–water partition coefficient (Wildman–Crippen LogP) is 2.72. The van der Waals surface area contributed by atoms with Crippen molar-refractivity contribution in [3.63, 3.8) is 0 Å². The summed E-state index contributed by atoms with van der Waals surface area (Å²) in [4.78, 5) is 12.1. The van der Waals surface area contributed by atoms with E-state index < -0.39 is 0 Å². The molecular weight excluding hydrogens is 322 g/mol. The van der Waals surface area contributed by atoms with E-state index in [1.807, 2.05) is 37.3 Å². The van der Waals surface area contributed by atoms with E-state index in [2.05, 4.69) is 5.32 Å². The molecule has 0 radical (unpaired) electrons. The van der Waals surface area contributed by atoms with Gasteiger partial charge in [-0.3, -0.25) is 4.79 Å². The van der Waals surface area contributed by atoms with Crippen LogP contribution in [0.25, 0.3) is 0 Å². The molecule has 1 atom stereocenters. The second-order valence-electron chi connectivity index (χ2n) is 5.66. The van der Waals surface area contributed by atoms with Crippen LogP contribution in [0.2, 0.25) is 0 Å². The van der Waals surface area contributed by atoms with Gasteiger partial charge in [0.05, 0.1) is 13.2 Å². The van der Waals surface area contributed by atoms with E-state index in [9.17, 15) is 4.79 Å². The van der Waals surface area contributed by atoms with Crippen molar-refractivity contribution in [2.45, 2.75) is 13.0 Å². The van der Waals surface area contributed by atoms with Crippen molar-refractivity contribution in [3.05, 3.63) is 48.0 Å². The summed E-state index contributed by atoms with van der Waals surface area (Å²) in [7, 11) is 1.58. The molecule has 1 heterocycles. The average molecular weight is 343 g/mol. The lowest BCUT2D eigenvalue weighted by Crippen LogP contribution is -2.31. The zero-order chi connectivity index (χ0) is 17.6. The van der Waals surface area contributed by atoms with Gasteiger partial charge in [-0.15, -0.1) is 0 Å². The number of hydrogen-bond donors (Lipinski definition) is 1. The molecule has 3 rings (SSSR count). The number of benzene rings is 2. The van der Waals surface area contributed by atoms with Crippen LogP contribution in [0, 0.1) is 0 Å². The molecule has 1 N–H and O–H groups in total. The number of hydrogen-bond acceptors (Lipinski definition) is 5. The second-order valence-corrected chi connectivity index (χ2v) is 5.66. The summed E-state index contributed by atoms with van der Waals surface area (Å²) in [6.07, 6.45) is 0. The standard InChI is InChI=1S/C19H21NO5/c1-13(14-6-7-17-18(10-14)24-9-8-23-17)20-19(21)12-25-16-5-3-4-15(11-16)22-2/h3-7,10-11,13H,8-9,12H2,1-2H3,(H,20,21)/t13-/m1/s1. The Kier molecular flexibility index (Phi) is 5.28. The molecule has 0 saturated heterocycles. The van der Waals surface area contributed by atoms with Crippen molar-refractivity contribution in [2.75, 3.05) is 26.9 Å². The Labute approximate surface area is 146 Å². The van der Waals surface area contributed by atoms with Gasteiger partial charge in [0.2, 0.25) is 0 Å². The first kappa shape index (κ1) is 17.0. The van der Waals surface area contributed by atoms with Crippen LogP contribution in [-0.2, 0) is 4.79 Å². The van der Waals surface area contributed by atoms with Gasteiger partial charge in [-0.1, -0.05) is 12.1 Å². The monoisotopic (exact) mass is 343 g/mol. The van der Waals surface area contributed by atoms with E-state index in [4.69, 9.17) is 18.9 Å². The van der Waals surface area contributed by atoms with E-state index in [0.29, 0.717) is 30.5 Å². The summed E-state index contributed by atoms with van der Waals surface area (Å²) in [6, 6.07) is 12.6. The molecule has 0 spiro atoms. The summed E-state index contributed by atoms with van der Waals surface area (Å²) in [5, 5.41) is 2.91. The summed E-state index contributed by atoms with van der Waals surface area (Å²) < 4.78 is 21.7. The van der Waals surface area contributed by atoms with Crippen molar-refractivity contribution in [2.24, 2.45) is 0 Å². The minimum absolute atomic E-state index is 0.0674. The van der Waals surface area contributed by atoms with Crippen LogP contribution < -0.4 is 24.3 Å². The van der Waals surface area contributed by atoms with Crippen LogP contribution in [0.3, 0.4) is 0 Å². The van der Waals surface area contributed by atoms with Crippen molar-refractivity contribution >= 4 is 5.91 Å². The number of nitrogens with one attached hydrogen (secondary N) is 1. The van der Waals surface area contributed by atoms with Gasteiger partial charge >= 0.3 is 0 Å². The van der Waals surface area contributed by atoms with Gasteiger partial charge in [0.25, 0.3) is 5.91 Å². The van der Waals surface area contributed by atoms with Crippen LogP contribution in [-0.4, -0.2) is 32.8 Å². The maximum Gasteiger partial charge on any atom is 0.258 e. The van der Waals surface area contributed by atoms with Gasteiger partial charge < -0.3 is 24.3 Å². The highest BCUT2D eigenvalue weighted by Gasteiger charge is 2.16. The molecule has 0 saturated carbocycles. The molecule has 2 aromatic rings. The summed E-state index contributed by atoms with van der Waals surface area (Å²) in [5.74, 6) is 2.50. The van der Waals surface area contributed by atoms with Gasteiger partial charge in [-0.2, -0.15) is 0 Å². The average Bonchev–Trinajstić information content (AvgIpc) is 2.66. The molecule has 1 amide bonds. The first-order valence-electron chi connectivity index (χ1n) is 8.11. The third kappa shape index (κ3) is 4.35. The molecule has 0 unspecified atom stereocenters. The number of methoxy groups -OCH3 is 1. The molecule has 6 heteroatoms. The van der Waals surface area contributed by atoms with E-state index in [1.54, 1.807) is 19.2 Å². The number of ether oxygens (including phenoxy) is 4. The minimum atomic E-state index is -0.204. The van der Waals surface area contributed by atoms with Gasteiger partial charge in [-0.25, -0.2) is 0 Å². The Morgan fingerprint density at radius 1 is 1.12 bits per heavy atom. The number of fused-ring (bicyclic) bond motifs is 1. The van der Waals surface area contributed by atoms with Crippen LogP contribution >= 0.6 is 0 Å². The van der Waals surface area contributed by atoms with Crippen molar-refractivity contribution in [1.29, 1.82) is 0 Å². The Hall–Kier alpha value is -2.89. The van der Waals surface area contributed by atoms with E-state index in [0.717, 1.165) is 11.3 Å². The Bertz CT molecular complexity index is 746. The highest BCUT2D eigenvalue weighted by Crippen LogP contribution is 2.32. The van der Waals surface area contributed by atoms with Crippen molar-refractivity contribution in [1.82, 2.24) is 5.32 Å². The Balaban J connectivity index is 1.55. The first-order valence-corrected chi connectivity index (χ1v) is 8.11. The van der Waals surface area contributed by atoms with Gasteiger partial charge in [0.15, 0.2) is 18.1 Å². The fourth-order valence-corrected chi connectivity index (χ4v) is 2.54. The van der Waals surface area contributed by atoms with Crippen LogP contribution in [0.5, 0.6) is 23.0 Å². The maximum atomic E-state index is 12.1. The summed E-state index contributed by atoms with van der Waals surface area (Å²) in [5.41, 5.74) is 0.944.